The average molecular weight is 190 g/mol. The molecule has 0 aliphatic rings. The lowest BCUT2D eigenvalue weighted by atomic mass is 9.93. The Morgan fingerprint density at radius 2 is 1.86 bits per heavy atom. The number of aryl methyl sites for hydroxylation is 2. The molecule has 0 aliphatic carbocycles. The Morgan fingerprint density at radius 3 is 2.36 bits per heavy atom. The van der Waals surface area contributed by atoms with Gasteiger partial charge in [-0.2, -0.15) is 0 Å². The van der Waals surface area contributed by atoms with Crippen molar-refractivity contribution in [2.45, 2.75) is 52.9 Å². The fourth-order valence-corrected chi connectivity index (χ4v) is 1.95. The number of hydrogen-bond donors (Lipinski definition) is 0. The Kier molecular flexibility index (Phi) is 4.19. The predicted octanol–water partition coefficient (Wildman–Crippen LogP) is 4.32. The summed E-state index contributed by atoms with van der Waals surface area (Å²) < 4.78 is 0. The predicted molar refractivity (Wildman–Crippen MR) is 63.9 cm³/mol. The van der Waals surface area contributed by atoms with Gasteiger partial charge >= 0.3 is 0 Å². The highest BCUT2D eigenvalue weighted by Crippen LogP contribution is 2.22. The van der Waals surface area contributed by atoms with E-state index in [0.29, 0.717) is 5.92 Å². The molecule has 0 amide bonds. The van der Waals surface area contributed by atoms with Crippen LogP contribution in [-0.4, -0.2) is 0 Å². The Balaban J connectivity index is 3.01. The maximum atomic E-state index is 2.40. The summed E-state index contributed by atoms with van der Waals surface area (Å²) in [4.78, 5) is 0. The molecule has 0 heteroatoms. The van der Waals surface area contributed by atoms with Crippen molar-refractivity contribution in [3.8, 4) is 0 Å². The summed E-state index contributed by atoms with van der Waals surface area (Å²) in [5, 5.41) is 0. The monoisotopic (exact) mass is 190 g/mol. The van der Waals surface area contributed by atoms with E-state index in [2.05, 4.69) is 45.9 Å². The molecule has 0 fully saturated rings. The van der Waals surface area contributed by atoms with E-state index in [1.165, 1.54) is 24.0 Å². The van der Waals surface area contributed by atoms with Crippen molar-refractivity contribution in [3.63, 3.8) is 0 Å². The van der Waals surface area contributed by atoms with Crippen molar-refractivity contribution < 1.29 is 0 Å². The van der Waals surface area contributed by atoms with Crippen molar-refractivity contribution in [1.82, 2.24) is 0 Å². The zero-order chi connectivity index (χ0) is 10.6. The van der Waals surface area contributed by atoms with Gasteiger partial charge in [0.2, 0.25) is 0 Å². The Bertz CT molecular complexity index is 284. The van der Waals surface area contributed by atoms with Crippen LogP contribution in [0.3, 0.4) is 0 Å². The van der Waals surface area contributed by atoms with Crippen LogP contribution in [0.15, 0.2) is 18.2 Å². The summed E-state index contributed by atoms with van der Waals surface area (Å²) in [5.74, 6) is 0.654. The quantitative estimate of drug-likeness (QED) is 0.663. The van der Waals surface area contributed by atoms with Gasteiger partial charge in [-0.05, 0) is 35.4 Å². The highest BCUT2D eigenvalue weighted by molar-refractivity contribution is 5.34. The SMILES string of the molecule is CCCc1ccc(CC)c(C(C)C)c1. The normalized spacial score (nSPS) is 10.9. The van der Waals surface area contributed by atoms with Crippen molar-refractivity contribution in [2.24, 2.45) is 0 Å². The third-order valence-corrected chi connectivity index (χ3v) is 2.75. The van der Waals surface area contributed by atoms with Crippen LogP contribution in [0, 0.1) is 0 Å². The van der Waals surface area contributed by atoms with Crippen molar-refractivity contribution >= 4 is 0 Å². The van der Waals surface area contributed by atoms with Crippen molar-refractivity contribution in [1.29, 1.82) is 0 Å². The maximum Gasteiger partial charge on any atom is -0.0216 e. The van der Waals surface area contributed by atoms with E-state index in [4.69, 9.17) is 0 Å². The molecule has 1 aromatic carbocycles. The molecule has 0 N–H and O–H groups in total. The lowest BCUT2D eigenvalue weighted by Crippen LogP contribution is -1.97. The zero-order valence-corrected chi connectivity index (χ0v) is 9.93. The summed E-state index contributed by atoms with van der Waals surface area (Å²) in [6, 6.07) is 6.99. The molecule has 0 unspecified atom stereocenters. The largest absolute Gasteiger partial charge is 0.0651 e. The molecule has 0 aromatic heterocycles. The van der Waals surface area contributed by atoms with E-state index in [1.807, 2.05) is 0 Å². The van der Waals surface area contributed by atoms with Gasteiger partial charge in [0.1, 0.15) is 0 Å². The third kappa shape index (κ3) is 2.60. The first kappa shape index (κ1) is 11.3. The van der Waals surface area contributed by atoms with Crippen LogP contribution >= 0.6 is 0 Å². The standard InChI is InChI=1S/C14H22/c1-5-7-12-8-9-13(6-2)14(10-12)11(3)4/h8-11H,5-7H2,1-4H3. The van der Waals surface area contributed by atoms with Gasteiger partial charge in [0, 0.05) is 0 Å². The lowest BCUT2D eigenvalue weighted by molar-refractivity contribution is 0.833. The first-order valence-electron chi connectivity index (χ1n) is 5.80. The zero-order valence-electron chi connectivity index (χ0n) is 9.93. The fraction of sp³-hybridized carbons (Fsp3) is 0.571. The van der Waals surface area contributed by atoms with Crippen molar-refractivity contribution in [3.05, 3.63) is 34.9 Å². The molecule has 0 saturated heterocycles. The molecular formula is C14H22. The second-order valence-electron chi connectivity index (χ2n) is 4.29. The van der Waals surface area contributed by atoms with Crippen LogP contribution in [0.4, 0.5) is 0 Å². The minimum Gasteiger partial charge on any atom is -0.0651 e. The molecule has 0 nitrogen and oxygen atoms in total. The summed E-state index contributed by atoms with van der Waals surface area (Å²) >= 11 is 0. The van der Waals surface area contributed by atoms with E-state index < -0.39 is 0 Å². The summed E-state index contributed by atoms with van der Waals surface area (Å²) in [7, 11) is 0. The molecule has 0 aliphatic heterocycles. The summed E-state index contributed by atoms with van der Waals surface area (Å²) in [6.07, 6.45) is 3.60. The van der Waals surface area contributed by atoms with Gasteiger partial charge in [-0.1, -0.05) is 52.3 Å². The number of hydrogen-bond acceptors (Lipinski definition) is 0. The van der Waals surface area contributed by atoms with Crippen LogP contribution in [0.2, 0.25) is 0 Å². The van der Waals surface area contributed by atoms with E-state index in [1.54, 1.807) is 5.56 Å². The first-order chi connectivity index (χ1) is 6.69. The highest BCUT2D eigenvalue weighted by Gasteiger charge is 2.05. The van der Waals surface area contributed by atoms with Crippen LogP contribution in [-0.2, 0) is 12.8 Å². The van der Waals surface area contributed by atoms with Crippen LogP contribution < -0.4 is 0 Å². The molecule has 0 heterocycles. The number of rotatable bonds is 4. The molecule has 1 rings (SSSR count). The van der Waals surface area contributed by atoms with Gasteiger partial charge in [0.15, 0.2) is 0 Å². The van der Waals surface area contributed by atoms with Crippen LogP contribution in [0.1, 0.15) is 56.7 Å². The summed E-state index contributed by atoms with van der Waals surface area (Å²) in [6.45, 7) is 9.04. The lowest BCUT2D eigenvalue weighted by Gasteiger charge is -2.13. The van der Waals surface area contributed by atoms with Crippen LogP contribution in [0.25, 0.3) is 0 Å². The molecule has 0 bridgehead atoms. The molecule has 0 spiro atoms. The van der Waals surface area contributed by atoms with Gasteiger partial charge in [-0.25, -0.2) is 0 Å². The third-order valence-electron chi connectivity index (χ3n) is 2.75. The van der Waals surface area contributed by atoms with Gasteiger partial charge < -0.3 is 0 Å². The summed E-state index contributed by atoms with van der Waals surface area (Å²) in [5.41, 5.74) is 4.55. The van der Waals surface area contributed by atoms with E-state index in [9.17, 15) is 0 Å². The smallest absolute Gasteiger partial charge is 0.0216 e. The maximum absolute atomic E-state index is 2.40. The molecular weight excluding hydrogens is 168 g/mol. The van der Waals surface area contributed by atoms with Gasteiger partial charge in [0.05, 0.1) is 0 Å². The first-order valence-corrected chi connectivity index (χ1v) is 5.80. The topological polar surface area (TPSA) is 0 Å². The molecule has 1 aromatic rings. The molecule has 0 saturated carbocycles. The minimum atomic E-state index is 0.654. The Hall–Kier alpha value is -0.780. The highest BCUT2D eigenvalue weighted by atomic mass is 14.1. The molecule has 0 atom stereocenters. The van der Waals surface area contributed by atoms with E-state index >= 15 is 0 Å². The Morgan fingerprint density at radius 1 is 1.14 bits per heavy atom. The van der Waals surface area contributed by atoms with Gasteiger partial charge in [0.25, 0.3) is 0 Å². The fourth-order valence-electron chi connectivity index (χ4n) is 1.95. The molecule has 78 valence electrons. The number of benzene rings is 1. The Labute approximate surface area is 88.4 Å². The van der Waals surface area contributed by atoms with E-state index in [0.717, 1.165) is 6.42 Å². The average Bonchev–Trinajstić information content (AvgIpc) is 2.18. The van der Waals surface area contributed by atoms with E-state index in [-0.39, 0.29) is 0 Å². The van der Waals surface area contributed by atoms with Gasteiger partial charge in [-0.15, -0.1) is 0 Å². The molecule has 0 radical (unpaired) electrons. The van der Waals surface area contributed by atoms with Crippen LogP contribution in [0.5, 0.6) is 0 Å². The van der Waals surface area contributed by atoms with Crippen molar-refractivity contribution in [2.75, 3.05) is 0 Å². The second kappa shape index (κ2) is 5.19. The second-order valence-corrected chi connectivity index (χ2v) is 4.29. The van der Waals surface area contributed by atoms with Gasteiger partial charge in [-0.3, -0.25) is 0 Å². The minimum absolute atomic E-state index is 0.654. The molecule has 14 heavy (non-hydrogen) atoms.